The van der Waals surface area contributed by atoms with Crippen molar-refractivity contribution in [3.05, 3.63) is 34.9 Å². The minimum atomic E-state index is -0.504. The van der Waals surface area contributed by atoms with Gasteiger partial charge in [0, 0.05) is 25.3 Å². The van der Waals surface area contributed by atoms with Crippen LogP contribution in [0.3, 0.4) is 0 Å². The molecule has 1 atom stereocenters. The fraction of sp³-hybridized carbons (Fsp3) is 0.476. The van der Waals surface area contributed by atoms with E-state index in [1.165, 1.54) is 11.3 Å². The number of nitrogens with zero attached hydrogens (tertiary/aromatic N) is 4. The van der Waals surface area contributed by atoms with E-state index >= 15 is 0 Å². The second-order valence-corrected chi connectivity index (χ2v) is 8.81. The number of pyridine rings is 1. The van der Waals surface area contributed by atoms with E-state index in [2.05, 4.69) is 32.4 Å². The van der Waals surface area contributed by atoms with E-state index in [0.717, 1.165) is 59.8 Å². The number of aryl methyl sites for hydroxylation is 2. The highest BCUT2D eigenvalue weighted by molar-refractivity contribution is 7.21. The van der Waals surface area contributed by atoms with Gasteiger partial charge in [-0.1, -0.05) is 0 Å². The molecule has 9 heteroatoms. The van der Waals surface area contributed by atoms with Crippen LogP contribution in [-0.2, 0) is 17.9 Å². The van der Waals surface area contributed by atoms with Crippen LogP contribution in [-0.4, -0.2) is 40.1 Å². The molecule has 0 unspecified atom stereocenters. The minimum Gasteiger partial charge on any atom is -0.397 e. The van der Waals surface area contributed by atoms with Crippen LogP contribution < -0.4 is 16.4 Å². The Kier molecular flexibility index (Phi) is 5.92. The maximum absolute atomic E-state index is 11.8. The molecule has 8 nitrogen and oxygen atoms in total. The zero-order chi connectivity index (χ0) is 21.3. The zero-order valence-corrected chi connectivity index (χ0v) is 18.2. The third kappa shape index (κ3) is 3.99. The van der Waals surface area contributed by atoms with Gasteiger partial charge in [-0.25, -0.2) is 9.97 Å². The third-order valence-electron chi connectivity index (χ3n) is 5.63. The molecule has 1 aliphatic rings. The molecule has 0 saturated carbocycles. The molecular weight excluding hydrogens is 400 g/mol. The van der Waals surface area contributed by atoms with E-state index in [0.29, 0.717) is 29.7 Å². The molecule has 4 heterocycles. The van der Waals surface area contributed by atoms with Crippen LogP contribution in [0.5, 0.6) is 0 Å². The number of ether oxygens (including phenoxy) is 1. The lowest BCUT2D eigenvalue weighted by Gasteiger charge is -2.35. The summed E-state index contributed by atoms with van der Waals surface area (Å²) in [7, 11) is 0. The summed E-state index contributed by atoms with van der Waals surface area (Å²) in [5, 5.41) is 0.841. The van der Waals surface area contributed by atoms with Gasteiger partial charge in [0.1, 0.15) is 9.71 Å². The molecule has 0 radical (unpaired) electrons. The normalized spacial score (nSPS) is 17.0. The fourth-order valence-corrected chi connectivity index (χ4v) is 5.17. The molecule has 4 N–H and O–H groups in total. The lowest BCUT2D eigenvalue weighted by atomic mass is 9.98. The fourth-order valence-electron chi connectivity index (χ4n) is 4.16. The van der Waals surface area contributed by atoms with E-state index in [4.69, 9.17) is 16.2 Å². The van der Waals surface area contributed by atoms with Crippen molar-refractivity contribution in [1.29, 1.82) is 0 Å². The average Bonchev–Trinajstić information content (AvgIpc) is 3.31. The van der Waals surface area contributed by atoms with Gasteiger partial charge in [-0.2, -0.15) is 0 Å². The number of rotatable bonds is 7. The highest BCUT2D eigenvalue weighted by Crippen LogP contribution is 2.40. The van der Waals surface area contributed by atoms with Crippen LogP contribution >= 0.6 is 11.3 Å². The van der Waals surface area contributed by atoms with Gasteiger partial charge >= 0.3 is 0 Å². The molecule has 30 heavy (non-hydrogen) atoms. The molecule has 1 saturated heterocycles. The first kappa shape index (κ1) is 20.6. The molecule has 0 aliphatic carbocycles. The Bertz CT molecular complexity index is 1060. The summed E-state index contributed by atoms with van der Waals surface area (Å²) < 4.78 is 8.13. The summed E-state index contributed by atoms with van der Waals surface area (Å²) >= 11 is 1.27. The van der Waals surface area contributed by atoms with Crippen LogP contribution in [0, 0.1) is 12.8 Å². The minimum absolute atomic E-state index is 0.383. The first-order valence-corrected chi connectivity index (χ1v) is 11.1. The molecule has 0 spiro atoms. The Balaban J connectivity index is 1.50. The van der Waals surface area contributed by atoms with Gasteiger partial charge in [-0.15, -0.1) is 11.3 Å². The van der Waals surface area contributed by atoms with E-state index in [1.54, 1.807) is 0 Å². The summed E-state index contributed by atoms with van der Waals surface area (Å²) in [5.74, 6) is -0.0777. The number of hydrogen-bond acceptors (Lipinski definition) is 7. The van der Waals surface area contributed by atoms with Gasteiger partial charge in [0.25, 0.3) is 5.91 Å². The molecular formula is C21H28N6O2S. The van der Waals surface area contributed by atoms with Crippen molar-refractivity contribution in [3.63, 3.8) is 0 Å². The number of hydrogen-bond donors (Lipinski definition) is 2. The van der Waals surface area contributed by atoms with Crippen LogP contribution in [0.4, 0.5) is 11.4 Å². The first-order chi connectivity index (χ1) is 14.5. The molecule has 0 aromatic carbocycles. The van der Waals surface area contributed by atoms with Crippen molar-refractivity contribution in [2.45, 2.75) is 39.8 Å². The highest BCUT2D eigenvalue weighted by atomic mass is 32.1. The number of primary amides is 1. The average molecular weight is 429 g/mol. The number of imidazole rings is 1. The van der Waals surface area contributed by atoms with Crippen molar-refractivity contribution in [2.75, 3.05) is 30.3 Å². The smallest absolute Gasteiger partial charge is 0.260 e. The van der Waals surface area contributed by atoms with Crippen LogP contribution in [0.15, 0.2) is 18.6 Å². The SMILES string of the molecule is CCn1cncc1COC[C@H]1CCCN(c2cc(C)nc3sc(C(N)=O)c(N)c23)C1. The van der Waals surface area contributed by atoms with Crippen LogP contribution in [0.2, 0.25) is 0 Å². The number of aromatic nitrogens is 3. The van der Waals surface area contributed by atoms with E-state index in [-0.39, 0.29) is 0 Å². The number of nitrogens with two attached hydrogens (primary N) is 2. The number of anilines is 2. The molecule has 3 aromatic heterocycles. The topological polar surface area (TPSA) is 112 Å². The number of carbonyl (C=O) groups is 1. The van der Waals surface area contributed by atoms with Gasteiger partial charge in [0.05, 0.1) is 48.2 Å². The maximum atomic E-state index is 11.8. The molecule has 1 aliphatic heterocycles. The summed E-state index contributed by atoms with van der Waals surface area (Å²) in [6.07, 6.45) is 5.91. The second kappa shape index (κ2) is 8.61. The number of nitrogen functional groups attached to an aromatic ring is 1. The monoisotopic (exact) mass is 428 g/mol. The quantitative estimate of drug-likeness (QED) is 0.598. The van der Waals surface area contributed by atoms with E-state index in [9.17, 15) is 4.79 Å². The van der Waals surface area contributed by atoms with Crippen molar-refractivity contribution >= 4 is 38.8 Å². The molecule has 1 fully saturated rings. The van der Waals surface area contributed by atoms with Crippen molar-refractivity contribution in [2.24, 2.45) is 11.7 Å². The van der Waals surface area contributed by atoms with E-state index < -0.39 is 5.91 Å². The van der Waals surface area contributed by atoms with Gasteiger partial charge in [0.15, 0.2) is 0 Å². The highest BCUT2D eigenvalue weighted by Gasteiger charge is 2.25. The van der Waals surface area contributed by atoms with Crippen LogP contribution in [0.25, 0.3) is 10.2 Å². The standard InChI is InChI=1S/C21H28N6O2S/c1-3-26-12-24-8-15(26)11-29-10-14-5-4-6-27(9-14)16-7-13(2)25-21-17(16)18(22)19(30-21)20(23)28/h7-8,12,14H,3-6,9-11,22H2,1-2H3,(H2,23,28)/t14-/m0/s1. The zero-order valence-electron chi connectivity index (χ0n) is 17.4. The Labute approximate surface area is 179 Å². The van der Waals surface area contributed by atoms with Gasteiger partial charge in [-0.3, -0.25) is 4.79 Å². The molecule has 0 bridgehead atoms. The Hall–Kier alpha value is -2.65. The van der Waals surface area contributed by atoms with Crippen molar-refractivity contribution in [1.82, 2.24) is 14.5 Å². The predicted octanol–water partition coefficient (Wildman–Crippen LogP) is 2.94. The Morgan fingerprint density at radius 2 is 2.27 bits per heavy atom. The lowest BCUT2D eigenvalue weighted by molar-refractivity contribution is 0.0779. The first-order valence-electron chi connectivity index (χ1n) is 10.3. The second-order valence-electron chi connectivity index (χ2n) is 7.81. The number of piperidine rings is 1. The summed E-state index contributed by atoms with van der Waals surface area (Å²) in [5.41, 5.74) is 15.3. The van der Waals surface area contributed by atoms with Gasteiger partial charge in [-0.05, 0) is 38.7 Å². The van der Waals surface area contributed by atoms with E-state index in [1.807, 2.05) is 19.4 Å². The number of carbonyl (C=O) groups excluding carboxylic acids is 1. The van der Waals surface area contributed by atoms with Crippen LogP contribution in [0.1, 0.15) is 40.8 Å². The third-order valence-corrected chi connectivity index (χ3v) is 6.75. The Morgan fingerprint density at radius 1 is 1.43 bits per heavy atom. The van der Waals surface area contributed by atoms with Gasteiger partial charge in [0.2, 0.25) is 0 Å². The number of thiophene rings is 1. The summed E-state index contributed by atoms with van der Waals surface area (Å²) in [6, 6.07) is 2.05. The van der Waals surface area contributed by atoms with Gasteiger partial charge < -0.3 is 25.7 Å². The molecule has 160 valence electrons. The van der Waals surface area contributed by atoms with Crippen molar-refractivity contribution < 1.29 is 9.53 Å². The number of amides is 1. The molecule has 3 aromatic rings. The van der Waals surface area contributed by atoms with Crippen molar-refractivity contribution in [3.8, 4) is 0 Å². The maximum Gasteiger partial charge on any atom is 0.260 e. The molecule has 4 rings (SSSR count). The molecule has 1 amide bonds. The predicted molar refractivity (Wildman–Crippen MR) is 120 cm³/mol. The number of fused-ring (bicyclic) bond motifs is 1. The lowest BCUT2D eigenvalue weighted by Crippen LogP contribution is -2.37. The summed E-state index contributed by atoms with van der Waals surface area (Å²) in [4.78, 5) is 24.0. The summed E-state index contributed by atoms with van der Waals surface area (Å²) in [6.45, 7) is 8.05. The largest absolute Gasteiger partial charge is 0.397 e. The Morgan fingerprint density at radius 3 is 3.03 bits per heavy atom.